The lowest BCUT2D eigenvalue weighted by atomic mass is 9.65. The molecule has 9 N–H and O–H groups in total. The van der Waals surface area contributed by atoms with Crippen LogP contribution in [0.5, 0.6) is 0 Å². The SMILES string of the molecule is CCCN(CC1NCC(C2C=C3CC4C5CCC(C(CC)=NC(CC)C6CCCC(C)C6C(O)C(C=C(C)C)NC(O)OC)CC5OC(C5CCC(CN)CC5)N4C3=CCC2)N1)C(O)C(NC(=O)OC)C(C)C. The van der Waals surface area contributed by atoms with Crippen LogP contribution in [0.3, 0.4) is 0 Å². The first kappa shape index (κ1) is 58.2. The predicted octanol–water partition coefficient (Wildman–Crippen LogP) is 7.38. The highest BCUT2D eigenvalue weighted by atomic mass is 16.6. The highest BCUT2D eigenvalue weighted by Crippen LogP contribution is 2.53. The average molecular weight is 1020 g/mol. The number of aliphatic imine (C=N–C) groups is 1. The summed E-state index contributed by atoms with van der Waals surface area (Å²) in [6, 6.07) is -0.0849. The van der Waals surface area contributed by atoms with Gasteiger partial charge in [-0.1, -0.05) is 78.2 Å². The lowest BCUT2D eigenvalue weighted by Crippen LogP contribution is -2.59. The first-order chi connectivity index (χ1) is 35.1. The number of ether oxygens (including phenoxy) is 3. The summed E-state index contributed by atoms with van der Waals surface area (Å²) in [5.74, 6) is 2.90. The summed E-state index contributed by atoms with van der Waals surface area (Å²) >= 11 is 0. The average Bonchev–Trinajstić information content (AvgIpc) is 3.94. The Morgan fingerprint density at radius 1 is 1.05 bits per heavy atom. The number of allylic oxidation sites excluding steroid dienone is 3. The number of alkyl carbamates (subject to hydrolysis) is 1. The fraction of sp³-hybridized carbons (Fsp3) is 0.862. The molecular weight excluding hydrogens is 921 g/mol. The molecule has 0 aromatic rings. The molecule has 416 valence electrons. The lowest BCUT2D eigenvalue weighted by molar-refractivity contribution is -0.209. The van der Waals surface area contributed by atoms with Gasteiger partial charge in [0.1, 0.15) is 12.5 Å². The Morgan fingerprint density at radius 3 is 2.48 bits per heavy atom. The number of amides is 1. The largest absolute Gasteiger partial charge is 0.453 e. The third-order valence-corrected chi connectivity index (χ3v) is 18.8. The Hall–Kier alpha value is -2.44. The zero-order valence-corrected chi connectivity index (χ0v) is 46.8. The standard InChI is InChI=1S/C58H102N8O7/c1-11-26-65(55(68)53(35(6)7)64-58(70)72-10)33-51-60-32-47(62-51)39-17-15-19-48-41(28-39)29-49-43-25-24-40(30-50(43)73-56(66(48)49)38-22-20-37(31-59)21-23-38)44(12-2)61-45(13-3)42-18-14-16-36(8)52(42)54(67)46(27-34(4)5)63-57(69)71-9/h19,27-28,35-40,42-43,45-47,49-57,60,62-63,67-69H,11-18,20-26,29-33,59H2,1-10H3,(H,64,70). The van der Waals surface area contributed by atoms with Gasteiger partial charge in [0, 0.05) is 62.1 Å². The number of nitrogens with zero attached hydrogens (tertiary/aromatic N) is 3. The summed E-state index contributed by atoms with van der Waals surface area (Å²) in [7, 11) is 2.84. The number of hydrogen-bond acceptors (Lipinski definition) is 14. The van der Waals surface area contributed by atoms with E-state index in [0.29, 0.717) is 54.6 Å². The molecule has 0 radical (unpaired) electrons. The third kappa shape index (κ3) is 14.0. The van der Waals surface area contributed by atoms with Crippen LogP contribution in [0.2, 0.25) is 0 Å². The highest BCUT2D eigenvalue weighted by Gasteiger charge is 2.53. The summed E-state index contributed by atoms with van der Waals surface area (Å²) in [6.45, 7) is 20.1. The Morgan fingerprint density at radius 2 is 1.82 bits per heavy atom. The summed E-state index contributed by atoms with van der Waals surface area (Å²) in [5.41, 5.74) is 11.6. The molecular formula is C58H102N8O7. The van der Waals surface area contributed by atoms with E-state index in [1.54, 1.807) is 0 Å². The molecule has 0 aromatic heterocycles. The first-order valence-corrected chi connectivity index (χ1v) is 29.3. The van der Waals surface area contributed by atoms with Crippen molar-refractivity contribution in [3.8, 4) is 0 Å². The van der Waals surface area contributed by atoms with Crippen molar-refractivity contribution in [2.24, 2.45) is 64.0 Å². The van der Waals surface area contributed by atoms with Crippen molar-refractivity contribution in [1.82, 2.24) is 31.1 Å². The number of hydrogen-bond donors (Lipinski definition) is 8. The van der Waals surface area contributed by atoms with Crippen molar-refractivity contribution >= 4 is 11.8 Å². The van der Waals surface area contributed by atoms with Gasteiger partial charge >= 0.3 is 6.09 Å². The molecule has 0 spiro atoms. The number of fused-ring (bicyclic) bond motifs is 5. The summed E-state index contributed by atoms with van der Waals surface area (Å²) in [5, 5.41) is 48.1. The van der Waals surface area contributed by atoms with Crippen LogP contribution < -0.4 is 27.0 Å². The van der Waals surface area contributed by atoms with E-state index in [1.807, 2.05) is 33.8 Å². The minimum Gasteiger partial charge on any atom is -0.453 e. The maximum absolute atomic E-state index is 12.3. The van der Waals surface area contributed by atoms with Gasteiger partial charge in [-0.2, -0.15) is 0 Å². The number of aliphatic hydroxyl groups is 3. The van der Waals surface area contributed by atoms with E-state index >= 15 is 0 Å². The molecule has 3 aliphatic heterocycles. The number of nitrogens with one attached hydrogen (secondary N) is 4. The van der Waals surface area contributed by atoms with Crippen LogP contribution in [-0.4, -0.2) is 145 Å². The third-order valence-electron chi connectivity index (χ3n) is 18.8. The zero-order chi connectivity index (χ0) is 52.5. The lowest BCUT2D eigenvalue weighted by Gasteiger charge is -2.54. The number of rotatable bonds is 22. The smallest absolute Gasteiger partial charge is 0.407 e. The maximum atomic E-state index is 12.3. The number of aliphatic hydroxyl groups excluding tert-OH is 3. The second-order valence-corrected chi connectivity index (χ2v) is 24.1. The van der Waals surface area contributed by atoms with Crippen molar-refractivity contribution in [3.63, 3.8) is 0 Å². The Balaban J connectivity index is 1.08. The molecule has 17 unspecified atom stereocenters. The number of carbonyl (C=O) groups excluding carboxylic acids is 1. The van der Waals surface area contributed by atoms with E-state index in [2.05, 4.69) is 70.9 Å². The van der Waals surface area contributed by atoms with E-state index in [1.165, 1.54) is 44.0 Å². The second kappa shape index (κ2) is 27.2. The van der Waals surface area contributed by atoms with Crippen molar-refractivity contribution in [1.29, 1.82) is 0 Å². The molecule has 0 bridgehead atoms. The molecule has 0 aromatic carbocycles. The van der Waals surface area contributed by atoms with Crippen LogP contribution in [0.25, 0.3) is 0 Å². The maximum Gasteiger partial charge on any atom is 0.407 e. The summed E-state index contributed by atoms with van der Waals surface area (Å²) < 4.78 is 17.7. The molecule has 7 rings (SSSR count). The zero-order valence-electron chi connectivity index (χ0n) is 46.8. The fourth-order valence-electron chi connectivity index (χ4n) is 14.9. The topological polar surface area (TPSA) is 198 Å². The van der Waals surface area contributed by atoms with Gasteiger partial charge in [0.05, 0.1) is 43.6 Å². The van der Waals surface area contributed by atoms with E-state index in [9.17, 15) is 20.1 Å². The molecule has 4 aliphatic carbocycles. The highest BCUT2D eigenvalue weighted by molar-refractivity contribution is 5.87. The molecule has 6 fully saturated rings. The molecule has 3 saturated carbocycles. The minimum absolute atomic E-state index is 0.0141. The molecule has 73 heavy (non-hydrogen) atoms. The van der Waals surface area contributed by atoms with E-state index in [0.717, 1.165) is 109 Å². The van der Waals surface area contributed by atoms with Crippen molar-refractivity contribution in [2.75, 3.05) is 40.4 Å². The van der Waals surface area contributed by atoms with Gasteiger partial charge in [0.2, 0.25) is 6.41 Å². The summed E-state index contributed by atoms with van der Waals surface area (Å²) in [4.78, 5) is 22.9. The quantitative estimate of drug-likeness (QED) is 0.0304. The van der Waals surface area contributed by atoms with Crippen molar-refractivity contribution in [2.45, 2.75) is 226 Å². The van der Waals surface area contributed by atoms with Gasteiger partial charge in [0.25, 0.3) is 0 Å². The van der Waals surface area contributed by atoms with Crippen LogP contribution in [0.1, 0.15) is 158 Å². The van der Waals surface area contributed by atoms with E-state index in [4.69, 9.17) is 24.9 Å². The van der Waals surface area contributed by atoms with Gasteiger partial charge < -0.3 is 45.5 Å². The van der Waals surface area contributed by atoms with E-state index in [-0.39, 0.29) is 48.3 Å². The van der Waals surface area contributed by atoms with Crippen LogP contribution in [0.15, 0.2) is 40.1 Å². The Bertz CT molecular complexity index is 1870. The van der Waals surface area contributed by atoms with Crippen molar-refractivity contribution < 1.29 is 34.3 Å². The molecule has 3 heterocycles. The summed E-state index contributed by atoms with van der Waals surface area (Å²) in [6.07, 6.45) is 21.4. The van der Waals surface area contributed by atoms with Crippen LogP contribution >= 0.6 is 0 Å². The molecule has 7 aliphatic rings. The number of nitrogens with two attached hydrogens (primary N) is 1. The Kier molecular flexibility index (Phi) is 21.7. The fourth-order valence-corrected chi connectivity index (χ4v) is 14.9. The molecule has 3 saturated heterocycles. The number of methoxy groups -OCH3 is 2. The van der Waals surface area contributed by atoms with Gasteiger partial charge in [-0.25, -0.2) is 4.79 Å². The van der Waals surface area contributed by atoms with E-state index < -0.39 is 36.9 Å². The normalized spacial score (nSPS) is 35.4. The first-order valence-electron chi connectivity index (χ1n) is 29.3. The van der Waals surface area contributed by atoms with Crippen LogP contribution in [0.4, 0.5) is 4.79 Å². The van der Waals surface area contributed by atoms with Gasteiger partial charge in [0.15, 0.2) is 0 Å². The monoisotopic (exact) mass is 1020 g/mol. The Labute approximate surface area is 440 Å². The number of carbonyl (C=O) groups is 1. The van der Waals surface area contributed by atoms with Crippen LogP contribution in [0, 0.1) is 53.3 Å². The minimum atomic E-state index is -1.16. The second-order valence-electron chi connectivity index (χ2n) is 24.1. The molecule has 15 heteroatoms. The molecule has 1 amide bonds. The molecule has 15 nitrogen and oxygen atoms in total. The van der Waals surface area contributed by atoms with Crippen molar-refractivity contribution in [3.05, 3.63) is 35.1 Å². The van der Waals surface area contributed by atoms with Gasteiger partial charge in [-0.15, -0.1) is 0 Å². The van der Waals surface area contributed by atoms with Crippen LogP contribution in [-0.2, 0) is 14.2 Å². The molecule has 17 atom stereocenters. The predicted molar refractivity (Wildman–Crippen MR) is 291 cm³/mol. The van der Waals surface area contributed by atoms with Gasteiger partial charge in [-0.3, -0.25) is 25.8 Å². The van der Waals surface area contributed by atoms with Gasteiger partial charge in [-0.05, 0) is 157 Å².